The lowest BCUT2D eigenvalue weighted by Crippen LogP contribution is -2.04. The van der Waals surface area contributed by atoms with E-state index < -0.39 is 11.9 Å². The number of hydrogen-bond donors (Lipinski definition) is 0. The third-order valence-corrected chi connectivity index (χ3v) is 23.3. The number of carbonyl (C=O) groups excluding carboxylic acids is 5. The van der Waals surface area contributed by atoms with E-state index in [4.69, 9.17) is 32.1 Å². The molecule has 10 bridgehead atoms. The van der Waals surface area contributed by atoms with Crippen LogP contribution in [0.15, 0.2) is 182 Å². The maximum Gasteiger partial charge on any atom is 0.337 e. The van der Waals surface area contributed by atoms with Crippen molar-refractivity contribution in [1.82, 2.24) is 0 Å². The van der Waals surface area contributed by atoms with E-state index in [1.54, 1.807) is 188 Å². The fourth-order valence-electron chi connectivity index (χ4n) is 15.8. The molecule has 0 aromatic heterocycles. The Morgan fingerprint density at radius 2 is 0.544 bits per heavy atom. The molecule has 1 aliphatic carbocycles. The Labute approximate surface area is 802 Å². The monoisotopic (exact) mass is 1790 g/mol. The highest BCUT2D eigenvalue weighted by atomic mass is 16.5. The number of fused-ring (bicyclic) bond motifs is 10. The summed E-state index contributed by atoms with van der Waals surface area (Å²) >= 11 is 0. The van der Waals surface area contributed by atoms with E-state index in [9.17, 15) is 41.1 Å². The number of methoxy groups -OCH3 is 2. The van der Waals surface area contributed by atoms with Gasteiger partial charge in [0.05, 0.1) is 92.7 Å². The largest absolute Gasteiger partial charge is 0.492 e. The van der Waals surface area contributed by atoms with E-state index in [1.807, 2.05) is 45.0 Å². The van der Waals surface area contributed by atoms with Crippen molar-refractivity contribution in [3.8, 4) is 82.8 Å². The molecule has 14 nitrogen and oxygen atoms in total. The van der Waals surface area contributed by atoms with E-state index in [0.29, 0.717) is 164 Å². The van der Waals surface area contributed by atoms with Crippen LogP contribution in [-0.2, 0) is 9.47 Å². The van der Waals surface area contributed by atoms with Crippen molar-refractivity contribution in [2.24, 2.45) is 0 Å². The number of nitriles is 2. The lowest BCUT2D eigenvalue weighted by Gasteiger charge is -2.10. The number of esters is 2. The first kappa shape index (κ1) is 100. The number of ketones is 3. The predicted octanol–water partition coefficient (Wildman–Crippen LogP) is 28.1. The number of ether oxygens (including phenoxy) is 4. The molecular formula is C122H109N5O9. The number of Topliss-reactive ketones (excluding diaryl/α,β-unsaturated/α-hetero) is 3. The average Bonchev–Trinajstić information content (AvgIpc) is 0.945. The highest BCUT2D eigenvalue weighted by molar-refractivity contribution is 5.99. The third kappa shape index (κ3) is 29.3. The molecule has 0 amide bonds. The Kier molecular flexibility index (Phi) is 37.5. The van der Waals surface area contributed by atoms with Crippen LogP contribution in [0.4, 0.5) is 0 Å². The molecule has 1 aliphatic rings. The summed E-state index contributed by atoms with van der Waals surface area (Å²) in [5, 5.41) is 23.4. The van der Waals surface area contributed by atoms with Gasteiger partial charge >= 0.3 is 11.9 Å². The van der Waals surface area contributed by atoms with Crippen LogP contribution < -0.4 is 9.47 Å². The van der Waals surface area contributed by atoms with Gasteiger partial charge in [0.2, 0.25) is 0 Å². The van der Waals surface area contributed by atoms with Crippen LogP contribution in [-0.4, -0.2) is 56.7 Å². The van der Waals surface area contributed by atoms with Crippen LogP contribution in [0.2, 0.25) is 0 Å². The molecule has 0 radical (unpaired) electrons. The van der Waals surface area contributed by atoms with Crippen LogP contribution in [0.5, 0.6) is 11.5 Å². The molecule has 0 fully saturated rings. The summed E-state index contributed by atoms with van der Waals surface area (Å²) < 4.78 is 23.2. The van der Waals surface area contributed by atoms with Gasteiger partial charge in [-0.15, -0.1) is 0 Å². The van der Waals surface area contributed by atoms with Gasteiger partial charge in [-0.25, -0.2) is 24.1 Å². The van der Waals surface area contributed by atoms with Gasteiger partial charge in [0, 0.05) is 61.2 Å². The normalized spacial score (nSPS) is 12.8. The molecular weight excluding hydrogens is 1680 g/mol. The maximum absolute atomic E-state index is 13.2. The van der Waals surface area contributed by atoms with E-state index in [2.05, 4.69) is 99.7 Å². The fourth-order valence-corrected chi connectivity index (χ4v) is 15.8. The summed E-state index contributed by atoms with van der Waals surface area (Å²) in [5.41, 5.74) is 14.4. The minimum atomic E-state index is -0.552. The summed E-state index contributed by atoms with van der Waals surface area (Å²) in [5.74, 6) is 32.8. The summed E-state index contributed by atoms with van der Waals surface area (Å²) in [6.07, 6.45) is 31.2. The van der Waals surface area contributed by atoms with Crippen molar-refractivity contribution < 1.29 is 42.9 Å². The Bertz CT molecular complexity index is 7020. The molecule has 10 aromatic rings. The quantitative estimate of drug-likeness (QED) is 0.0143. The lowest BCUT2D eigenvalue weighted by atomic mass is 9.94. The minimum absolute atomic E-state index is 0.0987. The highest BCUT2D eigenvalue weighted by Gasteiger charge is 2.19. The first-order chi connectivity index (χ1) is 66.0. The van der Waals surface area contributed by atoms with Crippen molar-refractivity contribution in [2.45, 2.75) is 184 Å². The Morgan fingerprint density at radius 1 is 0.294 bits per heavy atom. The third-order valence-electron chi connectivity index (χ3n) is 23.3. The Hall–Kier alpha value is -16.3. The SMILES string of the molecule is [C-]#[N+]/C1=C\c2cc(C#Cc3ccc(C(C)=O)cc3C)cc(c2)/C([N+]#[C-])=C/c2cc(C#Cc3ccc(C(C)=O)cc3OCCCCCCCCCCCC)cc(c2)/C([N+]#[C-])=C/c2cc(C#Cc3ccc(C(=O)OC)cc3OCCCCCCCCCCCC)cc(c2)/C(C#N)=C/c2cc(C#Cc3ccc(C(=O)OC)cc3C)cc(c2)C(C#N)=Cc2cc(C#Cc3ccc(C(C)=O)cc3C)cc1c2. The second-order valence-electron chi connectivity index (χ2n) is 34.0. The standard InChI is InChI=1S/C122H109N5O9/c1-14-16-18-20-22-24-26-28-30-32-54-135-119-79-106(88(8)130)51-47-102(119)43-38-93-63-98-73-113(68-93)116(125-9)76-96-61-90(37-42-103-48-53-108(122(132)134-13)80-120(103)136-55-33-31-29-27-25-23-21-19-17-15-2)65-110(70-96)114(81-123)74-94-59-89(34-39-101-46-52-107(58-85(101)5)121(131)133-12)64-109(69-94)115(82-124)75-95-60-91(35-40-99-44-49-104(86(6)128)56-83(99)3)66-111(71-95)117(126-10)77-97-62-92(67-112(72-97)118(78-98)127-11)36-41-100-45-50-105(87(7)129)57-84(100)4/h44-53,56-80H,14-33,54-55H2,1-8,12-13H3/b114-74+,115-75?,116-76-,117-77-,118-78-. The second kappa shape index (κ2) is 50.9. The van der Waals surface area contributed by atoms with Crippen LogP contribution in [0.25, 0.3) is 73.2 Å². The molecule has 0 N–H and O–H groups in total. The number of allylic oxidation sites excluding steroid dienone is 2. The number of carbonyl (C=O) groups is 5. The molecule has 0 aliphatic heterocycles. The number of aryl methyl sites for hydroxylation is 3. The smallest absolute Gasteiger partial charge is 0.337 e. The first-order valence-corrected chi connectivity index (χ1v) is 46.4. The summed E-state index contributed by atoms with van der Waals surface area (Å²) in [7, 11) is 2.63. The summed E-state index contributed by atoms with van der Waals surface area (Å²) in [4.78, 5) is 76.8. The average molecular weight is 1790 g/mol. The molecule has 11 rings (SSSR count). The van der Waals surface area contributed by atoms with E-state index in [-0.39, 0.29) is 51.2 Å². The number of benzene rings is 10. The molecule has 0 spiro atoms. The molecule has 0 heterocycles. The summed E-state index contributed by atoms with van der Waals surface area (Å²) in [6, 6.07) is 57.7. The Balaban J connectivity index is 1.17. The van der Waals surface area contributed by atoms with Crippen molar-refractivity contribution in [2.75, 3.05) is 27.4 Å². The second-order valence-corrected chi connectivity index (χ2v) is 34.0. The molecule has 0 saturated heterocycles. The zero-order valence-corrected chi connectivity index (χ0v) is 79.2. The summed E-state index contributed by atoms with van der Waals surface area (Å²) in [6.45, 7) is 42.6. The van der Waals surface area contributed by atoms with Gasteiger partial charge in [-0.3, -0.25) is 14.4 Å². The van der Waals surface area contributed by atoms with E-state index in [1.165, 1.54) is 112 Å². The van der Waals surface area contributed by atoms with E-state index in [0.717, 1.165) is 62.5 Å². The molecule has 14 heteroatoms. The molecule has 0 saturated carbocycles. The lowest BCUT2D eigenvalue weighted by molar-refractivity contribution is 0.0591. The van der Waals surface area contributed by atoms with Gasteiger partial charge < -0.3 is 18.9 Å². The molecule has 136 heavy (non-hydrogen) atoms. The predicted molar refractivity (Wildman–Crippen MR) is 546 cm³/mol. The molecule has 10 aromatic carbocycles. The van der Waals surface area contributed by atoms with E-state index >= 15 is 0 Å². The van der Waals surface area contributed by atoms with Crippen LogP contribution in [0.1, 0.15) is 343 Å². The van der Waals surface area contributed by atoms with Gasteiger partial charge in [-0.1, -0.05) is 219 Å². The zero-order chi connectivity index (χ0) is 96.8. The topological polar surface area (TPSA) is 183 Å². The number of rotatable bonds is 29. The zero-order valence-electron chi connectivity index (χ0n) is 79.2. The molecule has 0 unspecified atom stereocenters. The number of unbranched alkanes of at least 4 members (excludes halogenated alkanes) is 18. The number of nitrogens with zero attached hydrogens (tertiary/aromatic N) is 5. The fraction of sp³-hybridized carbons (Fsp3) is 0.262. The maximum atomic E-state index is 13.2. The van der Waals surface area contributed by atoms with Gasteiger partial charge in [-0.05, 0) is 309 Å². The minimum Gasteiger partial charge on any atom is -0.492 e. The number of hydrogen-bond acceptors (Lipinski definition) is 11. The van der Waals surface area contributed by atoms with Crippen LogP contribution >= 0.6 is 0 Å². The van der Waals surface area contributed by atoms with Gasteiger partial charge in [0.15, 0.2) is 34.4 Å². The van der Waals surface area contributed by atoms with Crippen molar-refractivity contribution >= 4 is 87.9 Å². The van der Waals surface area contributed by atoms with Crippen molar-refractivity contribution in [3.63, 3.8) is 0 Å². The van der Waals surface area contributed by atoms with Crippen molar-refractivity contribution in [3.05, 3.63) is 372 Å². The van der Waals surface area contributed by atoms with Crippen molar-refractivity contribution in [1.29, 1.82) is 10.5 Å². The van der Waals surface area contributed by atoms with Crippen LogP contribution in [0.3, 0.4) is 0 Å². The highest BCUT2D eigenvalue weighted by Crippen LogP contribution is 2.35. The van der Waals surface area contributed by atoms with Gasteiger partial charge in [0.25, 0.3) is 0 Å². The first-order valence-electron chi connectivity index (χ1n) is 46.4. The van der Waals surface area contributed by atoms with Gasteiger partial charge in [0.1, 0.15) is 11.5 Å². The Morgan fingerprint density at radius 3 is 0.838 bits per heavy atom. The molecule has 0 atom stereocenters. The van der Waals surface area contributed by atoms with Crippen LogP contribution in [0, 0.1) is 122 Å². The molecule has 676 valence electrons. The van der Waals surface area contributed by atoms with Gasteiger partial charge in [-0.2, -0.15) is 10.5 Å².